The Kier molecular flexibility index (Phi) is 5.19. The molecule has 2 amide bonds. The van der Waals surface area contributed by atoms with Crippen molar-refractivity contribution < 1.29 is 9.59 Å². The molecule has 2 heterocycles. The third-order valence-corrected chi connectivity index (χ3v) is 5.67. The van der Waals surface area contributed by atoms with Gasteiger partial charge in [0.15, 0.2) is 0 Å². The van der Waals surface area contributed by atoms with Gasteiger partial charge in [0.2, 0.25) is 5.91 Å². The van der Waals surface area contributed by atoms with Crippen LogP contribution in [0.15, 0.2) is 54.9 Å². The second kappa shape index (κ2) is 7.91. The van der Waals surface area contributed by atoms with Gasteiger partial charge < -0.3 is 9.80 Å². The number of benzene rings is 1. The quantitative estimate of drug-likeness (QED) is 0.834. The minimum atomic E-state index is -0.595. The Morgan fingerprint density at radius 3 is 2.44 bits per heavy atom. The Morgan fingerprint density at radius 2 is 1.74 bits per heavy atom. The Morgan fingerprint density at radius 1 is 0.963 bits per heavy atom. The largest absolute Gasteiger partial charge is 0.325 e. The zero-order chi connectivity index (χ0) is 18.6. The summed E-state index contributed by atoms with van der Waals surface area (Å²) < 4.78 is 0. The van der Waals surface area contributed by atoms with Gasteiger partial charge in [-0.2, -0.15) is 0 Å². The molecular formula is C22H25N3O2. The predicted octanol–water partition coefficient (Wildman–Crippen LogP) is 3.58. The summed E-state index contributed by atoms with van der Waals surface area (Å²) >= 11 is 0. The van der Waals surface area contributed by atoms with Crippen molar-refractivity contribution in [3.63, 3.8) is 0 Å². The number of hydrogen-bond acceptors (Lipinski definition) is 3. The lowest BCUT2D eigenvalue weighted by Crippen LogP contribution is -2.56. The van der Waals surface area contributed by atoms with Crippen LogP contribution in [-0.4, -0.2) is 34.8 Å². The molecule has 2 aliphatic rings. The number of piperazine rings is 1. The van der Waals surface area contributed by atoms with Crippen LogP contribution in [0.2, 0.25) is 0 Å². The lowest BCUT2D eigenvalue weighted by molar-refractivity contribution is -0.144. The predicted molar refractivity (Wildman–Crippen MR) is 104 cm³/mol. The monoisotopic (exact) mass is 363 g/mol. The van der Waals surface area contributed by atoms with Gasteiger partial charge in [-0.15, -0.1) is 0 Å². The molecule has 1 aromatic carbocycles. The number of anilines is 1. The number of rotatable bonds is 4. The number of amides is 2. The second-order valence-corrected chi connectivity index (χ2v) is 7.50. The van der Waals surface area contributed by atoms with E-state index in [1.165, 1.54) is 19.3 Å². The highest BCUT2D eigenvalue weighted by atomic mass is 16.2. The molecule has 4 rings (SSSR count). The standard InChI is InChI=1S/C22H25N3O2/c26-20-16-24(19-11-5-2-6-12-19)22(27)21(18-10-7-13-23-14-18)25(20)15-17-8-3-1-4-9-17/h2,5-7,10-14,17,21H,1,3-4,8-9,15-16H2/t21-/m0/s1. The number of para-hydroxylation sites is 1. The summed E-state index contributed by atoms with van der Waals surface area (Å²) in [6.45, 7) is 0.763. The van der Waals surface area contributed by atoms with Crippen molar-refractivity contribution >= 4 is 17.5 Å². The molecule has 0 radical (unpaired) electrons. The normalized spacial score (nSPS) is 21.6. The molecule has 5 nitrogen and oxygen atoms in total. The van der Waals surface area contributed by atoms with Crippen LogP contribution in [0.4, 0.5) is 5.69 Å². The average Bonchev–Trinajstić information content (AvgIpc) is 2.73. The van der Waals surface area contributed by atoms with Gasteiger partial charge in [-0.3, -0.25) is 14.6 Å². The molecule has 0 spiro atoms. The van der Waals surface area contributed by atoms with E-state index in [0.717, 1.165) is 24.1 Å². The number of hydrogen-bond donors (Lipinski definition) is 0. The average molecular weight is 363 g/mol. The van der Waals surface area contributed by atoms with Crippen molar-refractivity contribution in [3.8, 4) is 0 Å². The van der Waals surface area contributed by atoms with Gasteiger partial charge in [0.25, 0.3) is 5.91 Å². The van der Waals surface area contributed by atoms with Crippen LogP contribution in [0.1, 0.15) is 43.7 Å². The summed E-state index contributed by atoms with van der Waals surface area (Å²) in [5.41, 5.74) is 1.55. The minimum absolute atomic E-state index is 0.0119. The molecule has 1 saturated heterocycles. The van der Waals surface area contributed by atoms with E-state index < -0.39 is 6.04 Å². The lowest BCUT2D eigenvalue weighted by Gasteiger charge is -2.42. The summed E-state index contributed by atoms with van der Waals surface area (Å²) in [7, 11) is 0. The number of carbonyl (C=O) groups is 2. The summed E-state index contributed by atoms with van der Waals surface area (Å²) in [6, 6.07) is 12.6. The van der Waals surface area contributed by atoms with E-state index in [0.29, 0.717) is 12.5 Å². The van der Waals surface area contributed by atoms with E-state index in [9.17, 15) is 9.59 Å². The van der Waals surface area contributed by atoms with E-state index in [2.05, 4.69) is 4.98 Å². The van der Waals surface area contributed by atoms with E-state index >= 15 is 0 Å². The first-order valence-corrected chi connectivity index (χ1v) is 9.80. The molecule has 1 aliphatic carbocycles. The summed E-state index contributed by atoms with van der Waals surface area (Å²) in [5, 5.41) is 0. The van der Waals surface area contributed by atoms with E-state index in [1.807, 2.05) is 42.5 Å². The Balaban J connectivity index is 1.66. The first-order chi connectivity index (χ1) is 13.2. The Bertz CT molecular complexity index is 788. The van der Waals surface area contributed by atoms with Gasteiger partial charge in [-0.05, 0) is 37.0 Å². The van der Waals surface area contributed by atoms with E-state index in [-0.39, 0.29) is 18.4 Å². The number of carbonyl (C=O) groups excluding carboxylic acids is 2. The maximum absolute atomic E-state index is 13.4. The van der Waals surface area contributed by atoms with E-state index in [1.54, 1.807) is 22.2 Å². The highest BCUT2D eigenvalue weighted by Crippen LogP contribution is 2.33. The highest BCUT2D eigenvalue weighted by Gasteiger charge is 2.41. The van der Waals surface area contributed by atoms with Crippen LogP contribution in [0.5, 0.6) is 0 Å². The highest BCUT2D eigenvalue weighted by molar-refractivity contribution is 6.06. The molecule has 0 bridgehead atoms. The van der Waals surface area contributed by atoms with Crippen molar-refractivity contribution in [2.75, 3.05) is 18.0 Å². The Hall–Kier alpha value is -2.69. The third kappa shape index (κ3) is 3.72. The maximum atomic E-state index is 13.4. The van der Waals surface area contributed by atoms with Crippen molar-refractivity contribution in [1.82, 2.24) is 9.88 Å². The van der Waals surface area contributed by atoms with Crippen LogP contribution in [-0.2, 0) is 9.59 Å². The van der Waals surface area contributed by atoms with Crippen molar-refractivity contribution in [2.45, 2.75) is 38.1 Å². The molecule has 1 saturated carbocycles. The number of nitrogens with zero attached hydrogens (tertiary/aromatic N) is 3. The molecule has 2 aromatic rings. The molecule has 1 aromatic heterocycles. The van der Waals surface area contributed by atoms with Gasteiger partial charge in [0, 0.05) is 30.2 Å². The van der Waals surface area contributed by atoms with Gasteiger partial charge in [0.1, 0.15) is 12.6 Å². The van der Waals surface area contributed by atoms with Crippen LogP contribution in [0.3, 0.4) is 0 Å². The molecule has 140 valence electrons. The fourth-order valence-corrected chi connectivity index (χ4v) is 4.27. The molecular weight excluding hydrogens is 338 g/mol. The fourth-order valence-electron chi connectivity index (χ4n) is 4.27. The van der Waals surface area contributed by atoms with Gasteiger partial charge >= 0.3 is 0 Å². The topological polar surface area (TPSA) is 53.5 Å². The molecule has 1 aliphatic heterocycles. The molecule has 5 heteroatoms. The zero-order valence-corrected chi connectivity index (χ0v) is 15.5. The molecule has 1 atom stereocenters. The number of pyridine rings is 1. The van der Waals surface area contributed by atoms with Crippen molar-refractivity contribution in [1.29, 1.82) is 0 Å². The molecule has 27 heavy (non-hydrogen) atoms. The first kappa shape index (κ1) is 17.7. The zero-order valence-electron chi connectivity index (χ0n) is 15.5. The summed E-state index contributed by atoms with van der Waals surface area (Å²) in [6.07, 6.45) is 9.39. The first-order valence-electron chi connectivity index (χ1n) is 9.80. The molecule has 2 fully saturated rings. The number of aromatic nitrogens is 1. The lowest BCUT2D eigenvalue weighted by atomic mass is 9.88. The van der Waals surface area contributed by atoms with Crippen LogP contribution in [0.25, 0.3) is 0 Å². The fraction of sp³-hybridized carbons (Fsp3) is 0.409. The summed E-state index contributed by atoms with van der Waals surface area (Å²) in [5.74, 6) is 0.445. The van der Waals surface area contributed by atoms with Crippen molar-refractivity contribution in [2.24, 2.45) is 5.92 Å². The van der Waals surface area contributed by atoms with Crippen molar-refractivity contribution in [3.05, 3.63) is 60.4 Å². The summed E-state index contributed by atoms with van der Waals surface area (Å²) in [4.78, 5) is 34.1. The van der Waals surface area contributed by atoms with Crippen LogP contribution < -0.4 is 4.90 Å². The van der Waals surface area contributed by atoms with Gasteiger partial charge in [-0.1, -0.05) is 43.5 Å². The maximum Gasteiger partial charge on any atom is 0.254 e. The van der Waals surface area contributed by atoms with Gasteiger partial charge in [0.05, 0.1) is 0 Å². The van der Waals surface area contributed by atoms with E-state index in [4.69, 9.17) is 0 Å². The molecule has 0 unspecified atom stereocenters. The molecule has 0 N–H and O–H groups in total. The Labute approximate surface area is 160 Å². The smallest absolute Gasteiger partial charge is 0.254 e. The van der Waals surface area contributed by atoms with Crippen LogP contribution in [0, 0.1) is 5.92 Å². The van der Waals surface area contributed by atoms with Gasteiger partial charge in [-0.25, -0.2) is 0 Å². The van der Waals surface area contributed by atoms with Crippen LogP contribution >= 0.6 is 0 Å². The third-order valence-electron chi connectivity index (χ3n) is 5.67. The SMILES string of the molecule is O=C1[C@H](c2cccnc2)N(CC2CCCCC2)C(=O)CN1c1ccccc1. The second-order valence-electron chi connectivity index (χ2n) is 7.50. The minimum Gasteiger partial charge on any atom is -0.325 e.